The molecule has 1 rings (SSSR count). The van der Waals surface area contributed by atoms with Crippen LogP contribution in [0, 0.1) is 0 Å². The van der Waals surface area contributed by atoms with E-state index in [0.29, 0.717) is 0 Å². The smallest absolute Gasteiger partial charge is 0.330 e. The minimum Gasteiger partial charge on any atom is -0.460 e. The summed E-state index contributed by atoms with van der Waals surface area (Å²) >= 11 is 0. The van der Waals surface area contributed by atoms with Gasteiger partial charge in [0.1, 0.15) is 0 Å². The van der Waals surface area contributed by atoms with Crippen molar-refractivity contribution >= 4 is 5.97 Å². The van der Waals surface area contributed by atoms with Crippen molar-refractivity contribution in [3.63, 3.8) is 0 Å². The maximum Gasteiger partial charge on any atom is 0.330 e. The summed E-state index contributed by atoms with van der Waals surface area (Å²) in [5, 5.41) is 0. The fourth-order valence-electron chi connectivity index (χ4n) is 2.23. The molecule has 0 aromatic rings. The molecule has 17 heavy (non-hydrogen) atoms. The molecule has 1 unspecified atom stereocenters. The van der Waals surface area contributed by atoms with Gasteiger partial charge in [-0.25, -0.2) is 4.79 Å². The third kappa shape index (κ3) is 8.00. The lowest BCUT2D eigenvalue weighted by molar-refractivity contribution is -0.142. The third-order valence-corrected chi connectivity index (χ3v) is 3.30. The average molecular weight is 238 g/mol. The van der Waals surface area contributed by atoms with E-state index in [1.165, 1.54) is 51.4 Å². The molecular formula is C15H26O2. The van der Waals surface area contributed by atoms with Crippen molar-refractivity contribution in [3.8, 4) is 0 Å². The minimum atomic E-state index is -0.174. The van der Waals surface area contributed by atoms with Crippen LogP contribution in [0.4, 0.5) is 0 Å². The normalized spacial score (nSPS) is 27.6. The van der Waals surface area contributed by atoms with Crippen LogP contribution in [0.15, 0.2) is 12.2 Å². The molecule has 0 spiro atoms. The van der Waals surface area contributed by atoms with Crippen molar-refractivity contribution in [3.05, 3.63) is 12.2 Å². The predicted octanol–water partition coefficient (Wildman–Crippen LogP) is 4.39. The lowest BCUT2D eigenvalue weighted by Gasteiger charge is -2.11. The minimum absolute atomic E-state index is 0.0669. The summed E-state index contributed by atoms with van der Waals surface area (Å²) in [6.07, 6.45) is 16.0. The summed E-state index contributed by atoms with van der Waals surface area (Å²) < 4.78 is 5.30. The van der Waals surface area contributed by atoms with Crippen molar-refractivity contribution in [2.24, 2.45) is 0 Å². The highest BCUT2D eigenvalue weighted by molar-refractivity contribution is 5.81. The highest BCUT2D eigenvalue weighted by Gasteiger charge is 2.06. The zero-order valence-electron chi connectivity index (χ0n) is 11.1. The van der Waals surface area contributed by atoms with Gasteiger partial charge in [-0.2, -0.15) is 0 Å². The van der Waals surface area contributed by atoms with Crippen LogP contribution >= 0.6 is 0 Å². The number of cyclic esters (lactones) is 1. The summed E-state index contributed by atoms with van der Waals surface area (Å²) in [5.41, 5.74) is 0. The SMILES string of the molecule is CC1CCCCCCCCCC/C=C/C(=O)O1. The number of ether oxygens (including phenoxy) is 1. The zero-order chi connectivity index (χ0) is 12.3. The largest absolute Gasteiger partial charge is 0.460 e. The Morgan fingerprint density at radius 2 is 1.59 bits per heavy atom. The molecule has 0 aromatic carbocycles. The number of hydrogen-bond donors (Lipinski definition) is 0. The van der Waals surface area contributed by atoms with Crippen LogP contribution in [0.5, 0.6) is 0 Å². The molecule has 0 fully saturated rings. The third-order valence-electron chi connectivity index (χ3n) is 3.30. The zero-order valence-corrected chi connectivity index (χ0v) is 11.1. The van der Waals surface area contributed by atoms with Gasteiger partial charge in [0, 0.05) is 6.08 Å². The molecule has 1 aliphatic rings. The van der Waals surface area contributed by atoms with Gasteiger partial charge in [0.2, 0.25) is 0 Å². The van der Waals surface area contributed by atoms with Gasteiger partial charge in [-0.15, -0.1) is 0 Å². The number of carbonyl (C=O) groups is 1. The second-order valence-corrected chi connectivity index (χ2v) is 5.06. The maximum absolute atomic E-state index is 11.4. The van der Waals surface area contributed by atoms with Crippen LogP contribution in [0.2, 0.25) is 0 Å². The number of esters is 1. The fraction of sp³-hybridized carbons (Fsp3) is 0.800. The first-order valence-electron chi connectivity index (χ1n) is 7.16. The van der Waals surface area contributed by atoms with Gasteiger partial charge in [-0.05, 0) is 32.6 Å². The van der Waals surface area contributed by atoms with Gasteiger partial charge in [-0.3, -0.25) is 0 Å². The molecule has 2 heteroatoms. The molecule has 0 amide bonds. The predicted molar refractivity (Wildman–Crippen MR) is 70.9 cm³/mol. The molecule has 0 radical (unpaired) electrons. The van der Waals surface area contributed by atoms with Gasteiger partial charge in [0.15, 0.2) is 0 Å². The summed E-state index contributed by atoms with van der Waals surface area (Å²) in [6, 6.07) is 0. The Hall–Kier alpha value is -0.790. The standard InChI is InChI=1S/C15H26O2/c1-14-12-10-8-6-4-2-3-5-7-9-11-13-15(16)17-14/h11,13-14H,2-10,12H2,1H3/b13-11+. The lowest BCUT2D eigenvalue weighted by atomic mass is 10.1. The van der Waals surface area contributed by atoms with Crippen LogP contribution in [0.1, 0.15) is 71.1 Å². The van der Waals surface area contributed by atoms with Gasteiger partial charge in [0.05, 0.1) is 6.10 Å². The van der Waals surface area contributed by atoms with Crippen molar-refractivity contribution in [1.82, 2.24) is 0 Å². The van der Waals surface area contributed by atoms with Crippen LogP contribution in [0.3, 0.4) is 0 Å². The monoisotopic (exact) mass is 238 g/mol. The summed E-state index contributed by atoms with van der Waals surface area (Å²) in [5.74, 6) is -0.174. The summed E-state index contributed by atoms with van der Waals surface area (Å²) in [4.78, 5) is 11.4. The molecule has 1 aliphatic heterocycles. The van der Waals surface area contributed by atoms with E-state index < -0.39 is 0 Å². The van der Waals surface area contributed by atoms with E-state index in [0.717, 1.165) is 12.8 Å². The van der Waals surface area contributed by atoms with Crippen molar-refractivity contribution in [1.29, 1.82) is 0 Å². The number of allylic oxidation sites excluding steroid dienone is 1. The molecule has 98 valence electrons. The second kappa shape index (κ2) is 9.26. The second-order valence-electron chi connectivity index (χ2n) is 5.06. The molecule has 0 N–H and O–H groups in total. The van der Waals surface area contributed by atoms with Gasteiger partial charge in [-0.1, -0.05) is 44.6 Å². The molecule has 0 aromatic heterocycles. The first-order valence-corrected chi connectivity index (χ1v) is 7.16. The van der Waals surface area contributed by atoms with Crippen molar-refractivity contribution in [2.45, 2.75) is 77.2 Å². The van der Waals surface area contributed by atoms with E-state index in [4.69, 9.17) is 4.74 Å². The van der Waals surface area contributed by atoms with E-state index in [2.05, 4.69) is 0 Å². The lowest BCUT2D eigenvalue weighted by Crippen LogP contribution is -2.12. The molecule has 0 saturated heterocycles. The highest BCUT2D eigenvalue weighted by atomic mass is 16.5. The molecule has 0 saturated carbocycles. The Kier molecular flexibility index (Phi) is 7.78. The number of carbonyl (C=O) groups excluding carboxylic acids is 1. The first kappa shape index (κ1) is 14.3. The number of rotatable bonds is 0. The highest BCUT2D eigenvalue weighted by Crippen LogP contribution is 2.13. The van der Waals surface area contributed by atoms with E-state index in [-0.39, 0.29) is 12.1 Å². The van der Waals surface area contributed by atoms with E-state index in [1.54, 1.807) is 6.08 Å². The van der Waals surface area contributed by atoms with Gasteiger partial charge >= 0.3 is 5.97 Å². The van der Waals surface area contributed by atoms with E-state index in [1.807, 2.05) is 13.0 Å². The van der Waals surface area contributed by atoms with Crippen LogP contribution in [0.25, 0.3) is 0 Å². The van der Waals surface area contributed by atoms with Gasteiger partial charge < -0.3 is 4.74 Å². The fourth-order valence-corrected chi connectivity index (χ4v) is 2.23. The van der Waals surface area contributed by atoms with Crippen LogP contribution < -0.4 is 0 Å². The van der Waals surface area contributed by atoms with E-state index >= 15 is 0 Å². The molecule has 1 atom stereocenters. The molecule has 0 aliphatic carbocycles. The Morgan fingerprint density at radius 1 is 1.00 bits per heavy atom. The first-order chi connectivity index (χ1) is 8.29. The molecule has 1 heterocycles. The van der Waals surface area contributed by atoms with Crippen LogP contribution in [-0.2, 0) is 9.53 Å². The Morgan fingerprint density at radius 3 is 2.29 bits per heavy atom. The molecular weight excluding hydrogens is 212 g/mol. The Bertz CT molecular complexity index is 233. The molecule has 0 bridgehead atoms. The van der Waals surface area contributed by atoms with Crippen molar-refractivity contribution < 1.29 is 9.53 Å². The van der Waals surface area contributed by atoms with Gasteiger partial charge in [0.25, 0.3) is 0 Å². The quantitative estimate of drug-likeness (QED) is 0.585. The topological polar surface area (TPSA) is 26.3 Å². The van der Waals surface area contributed by atoms with E-state index in [9.17, 15) is 4.79 Å². The molecule has 2 nitrogen and oxygen atoms in total. The average Bonchev–Trinajstić information content (AvgIpc) is 2.30. The summed E-state index contributed by atoms with van der Waals surface area (Å²) in [7, 11) is 0. The maximum atomic E-state index is 11.4. The van der Waals surface area contributed by atoms with Crippen molar-refractivity contribution in [2.75, 3.05) is 0 Å². The Balaban J connectivity index is 2.31. The Labute approximate surface area is 105 Å². The van der Waals surface area contributed by atoms with Crippen LogP contribution in [-0.4, -0.2) is 12.1 Å². The summed E-state index contributed by atoms with van der Waals surface area (Å²) in [6.45, 7) is 1.99. The number of hydrogen-bond acceptors (Lipinski definition) is 2.